The van der Waals surface area contributed by atoms with Crippen LogP contribution in [0.5, 0.6) is 0 Å². The predicted molar refractivity (Wildman–Crippen MR) is 150 cm³/mol. The van der Waals surface area contributed by atoms with Crippen molar-refractivity contribution < 1.29 is 38.1 Å². The SMILES string of the molecule is COC1[C@H](C)C=C(C)[C@@H](OC(N)=O)[C@@H](C)C=CC=C(C)C(=O)NC2=CC(=O)C=C(C2=O)[C@H](OC)[C@@H](C)C[C@H]1OC. The number of nitrogens with one attached hydrogen (secondary N) is 1. The van der Waals surface area contributed by atoms with Gasteiger partial charge in [0.25, 0.3) is 5.91 Å². The van der Waals surface area contributed by atoms with E-state index in [-0.39, 0.29) is 29.0 Å². The van der Waals surface area contributed by atoms with E-state index in [2.05, 4.69) is 5.32 Å². The Kier molecular flexibility index (Phi) is 12.2. The van der Waals surface area contributed by atoms with Gasteiger partial charge in [0, 0.05) is 50.4 Å². The zero-order valence-electron chi connectivity index (χ0n) is 24.6. The molecule has 2 amide bonds. The van der Waals surface area contributed by atoms with Gasteiger partial charge >= 0.3 is 6.09 Å². The highest BCUT2D eigenvalue weighted by Crippen LogP contribution is 2.30. The Morgan fingerprint density at radius 1 is 0.950 bits per heavy atom. The number of hydrogen-bond donors (Lipinski definition) is 2. The maximum atomic E-state index is 13.4. The molecule has 0 aromatic carbocycles. The molecular formula is C30H42N2O8. The van der Waals surface area contributed by atoms with Crippen LogP contribution in [0, 0.1) is 17.8 Å². The number of amides is 2. The number of nitrogens with two attached hydrogens (primary N) is 1. The molecule has 0 saturated heterocycles. The van der Waals surface area contributed by atoms with Crippen molar-refractivity contribution >= 4 is 23.6 Å². The van der Waals surface area contributed by atoms with Crippen LogP contribution in [0.15, 0.2) is 58.9 Å². The van der Waals surface area contributed by atoms with E-state index in [1.807, 2.05) is 33.8 Å². The third kappa shape index (κ3) is 8.33. The molecule has 2 bridgehead atoms. The largest absolute Gasteiger partial charge is 0.441 e. The van der Waals surface area contributed by atoms with Gasteiger partial charge in [-0.2, -0.15) is 0 Å². The Morgan fingerprint density at radius 2 is 1.62 bits per heavy atom. The summed E-state index contributed by atoms with van der Waals surface area (Å²) in [5, 5.41) is 2.56. The van der Waals surface area contributed by atoms with Crippen molar-refractivity contribution in [2.45, 2.75) is 65.5 Å². The van der Waals surface area contributed by atoms with E-state index < -0.39 is 48.0 Å². The van der Waals surface area contributed by atoms with Gasteiger partial charge in [-0.3, -0.25) is 14.4 Å². The maximum Gasteiger partial charge on any atom is 0.405 e. The van der Waals surface area contributed by atoms with E-state index in [1.165, 1.54) is 13.2 Å². The molecule has 220 valence electrons. The molecule has 40 heavy (non-hydrogen) atoms. The van der Waals surface area contributed by atoms with Crippen LogP contribution in [0.25, 0.3) is 0 Å². The highest BCUT2D eigenvalue weighted by Gasteiger charge is 2.36. The van der Waals surface area contributed by atoms with Gasteiger partial charge in [0.1, 0.15) is 6.10 Å². The molecule has 2 rings (SSSR count). The summed E-state index contributed by atoms with van der Waals surface area (Å²) in [6.45, 7) is 9.17. The minimum atomic E-state index is -0.902. The number of ketones is 2. The van der Waals surface area contributed by atoms with Crippen LogP contribution in [-0.2, 0) is 33.3 Å². The van der Waals surface area contributed by atoms with E-state index in [4.69, 9.17) is 24.7 Å². The van der Waals surface area contributed by atoms with Crippen molar-refractivity contribution in [3.8, 4) is 0 Å². The molecule has 10 heteroatoms. The Balaban J connectivity index is 2.62. The van der Waals surface area contributed by atoms with E-state index in [0.29, 0.717) is 12.0 Å². The summed E-state index contributed by atoms with van der Waals surface area (Å²) < 4.78 is 22.9. The van der Waals surface area contributed by atoms with Crippen LogP contribution in [0.2, 0.25) is 0 Å². The Hall–Kier alpha value is -3.34. The number of primary amides is 1. The molecule has 0 aromatic heterocycles. The zero-order chi connectivity index (χ0) is 30.1. The van der Waals surface area contributed by atoms with Crippen LogP contribution in [0.1, 0.15) is 41.0 Å². The number of hydrogen-bond acceptors (Lipinski definition) is 8. The third-order valence-corrected chi connectivity index (χ3v) is 7.29. The summed E-state index contributed by atoms with van der Waals surface area (Å²) in [7, 11) is 4.64. The number of carbonyl (C=O) groups is 4. The number of Topliss-reactive ketones (excluding diaryl/α,β-unsaturated/α-hetero) is 1. The number of allylic oxidation sites excluding steroid dienone is 5. The van der Waals surface area contributed by atoms with Gasteiger partial charge in [-0.05, 0) is 37.8 Å². The van der Waals surface area contributed by atoms with Crippen LogP contribution < -0.4 is 11.1 Å². The number of carbonyl (C=O) groups excluding carboxylic acids is 4. The molecule has 7 atom stereocenters. The van der Waals surface area contributed by atoms with Crippen molar-refractivity contribution in [3.05, 3.63) is 58.9 Å². The Morgan fingerprint density at radius 3 is 2.20 bits per heavy atom. The van der Waals surface area contributed by atoms with E-state index >= 15 is 0 Å². The molecule has 10 nitrogen and oxygen atoms in total. The molecule has 1 heterocycles. The fraction of sp³-hybridized carbons (Fsp3) is 0.533. The first-order chi connectivity index (χ1) is 18.8. The van der Waals surface area contributed by atoms with Gasteiger partial charge in [0.15, 0.2) is 5.78 Å². The van der Waals surface area contributed by atoms with Crippen molar-refractivity contribution in [2.24, 2.45) is 23.5 Å². The first-order valence-electron chi connectivity index (χ1n) is 13.3. The highest BCUT2D eigenvalue weighted by molar-refractivity contribution is 6.22. The van der Waals surface area contributed by atoms with E-state index in [1.54, 1.807) is 39.4 Å². The molecule has 0 aromatic rings. The summed E-state index contributed by atoms with van der Waals surface area (Å²) in [5.74, 6) is -2.19. The lowest BCUT2D eigenvalue weighted by Gasteiger charge is -2.34. The minimum absolute atomic E-state index is 0.119. The number of methoxy groups -OCH3 is 3. The maximum absolute atomic E-state index is 13.4. The molecule has 3 N–H and O–H groups in total. The van der Waals surface area contributed by atoms with Crippen molar-refractivity contribution in [3.63, 3.8) is 0 Å². The summed E-state index contributed by atoms with van der Waals surface area (Å²) >= 11 is 0. The van der Waals surface area contributed by atoms with Gasteiger partial charge in [-0.15, -0.1) is 0 Å². The highest BCUT2D eigenvalue weighted by atomic mass is 16.6. The lowest BCUT2D eigenvalue weighted by molar-refractivity contribution is -0.120. The van der Waals surface area contributed by atoms with Crippen LogP contribution in [0.4, 0.5) is 4.79 Å². The van der Waals surface area contributed by atoms with Crippen molar-refractivity contribution in [1.29, 1.82) is 0 Å². The average Bonchev–Trinajstić information content (AvgIpc) is 2.88. The van der Waals surface area contributed by atoms with Crippen LogP contribution >= 0.6 is 0 Å². The molecule has 1 aliphatic heterocycles. The fourth-order valence-corrected chi connectivity index (χ4v) is 5.27. The smallest absolute Gasteiger partial charge is 0.405 e. The summed E-state index contributed by atoms with van der Waals surface area (Å²) in [5.41, 5.74) is 6.49. The number of ether oxygens (including phenoxy) is 4. The second-order valence-electron chi connectivity index (χ2n) is 10.4. The predicted octanol–water partition coefficient (Wildman–Crippen LogP) is 3.33. The van der Waals surface area contributed by atoms with Gasteiger partial charge < -0.3 is 30.0 Å². The first-order valence-corrected chi connectivity index (χ1v) is 13.3. The normalized spacial score (nSPS) is 31.0. The van der Waals surface area contributed by atoms with Gasteiger partial charge in [-0.25, -0.2) is 4.79 Å². The van der Waals surface area contributed by atoms with E-state index in [0.717, 1.165) is 11.6 Å². The molecule has 0 fully saturated rings. The summed E-state index contributed by atoms with van der Waals surface area (Å²) in [6, 6.07) is 0. The van der Waals surface area contributed by atoms with Gasteiger partial charge in [0.05, 0.1) is 24.0 Å². The summed E-state index contributed by atoms with van der Waals surface area (Å²) in [6.07, 6.45) is 6.65. The lowest BCUT2D eigenvalue weighted by atomic mass is 9.83. The van der Waals surface area contributed by atoms with Gasteiger partial charge in [0.2, 0.25) is 5.78 Å². The number of fused-ring (bicyclic) bond motifs is 2. The van der Waals surface area contributed by atoms with Crippen LogP contribution in [0.3, 0.4) is 0 Å². The quantitative estimate of drug-likeness (QED) is 0.395. The molecular weight excluding hydrogens is 516 g/mol. The van der Waals surface area contributed by atoms with Crippen molar-refractivity contribution in [1.82, 2.24) is 5.32 Å². The standard InChI is InChI=1S/C30H42N2O8/c1-16-10-9-11-17(2)29(35)32-23-15-21(33)14-22(25(23)34)27(38-7)20(5)13-24(37-6)28(39-8)19(4)12-18(3)26(16)40-30(31)36/h9-12,14-16,19-20,24,26-28H,13H2,1-8H3,(H2,31,36)(H,32,35)/t16-,19+,20-,24+,26-,27+,28?/m0/s1. The van der Waals surface area contributed by atoms with Gasteiger partial charge in [-0.1, -0.05) is 45.1 Å². The Labute approximate surface area is 236 Å². The number of rotatable bonds is 4. The minimum Gasteiger partial charge on any atom is -0.441 e. The second-order valence-corrected chi connectivity index (χ2v) is 10.4. The van der Waals surface area contributed by atoms with Crippen molar-refractivity contribution in [2.75, 3.05) is 21.3 Å². The fourth-order valence-electron chi connectivity index (χ4n) is 5.27. The van der Waals surface area contributed by atoms with E-state index in [9.17, 15) is 19.2 Å². The lowest BCUT2D eigenvalue weighted by Crippen LogP contribution is -2.40. The molecule has 0 spiro atoms. The van der Waals surface area contributed by atoms with Crippen LogP contribution in [-0.4, -0.2) is 69.3 Å². The zero-order valence-corrected chi connectivity index (χ0v) is 24.6. The third-order valence-electron chi connectivity index (χ3n) is 7.29. The monoisotopic (exact) mass is 558 g/mol. The molecule has 0 radical (unpaired) electrons. The first kappa shape index (κ1) is 32.9. The topological polar surface area (TPSA) is 143 Å². The average molecular weight is 559 g/mol. The Bertz CT molecular complexity index is 1130. The molecule has 0 saturated carbocycles. The second kappa shape index (κ2) is 14.9. The molecule has 1 unspecified atom stereocenters. The molecule has 2 aliphatic rings. The molecule has 1 aliphatic carbocycles. The summed E-state index contributed by atoms with van der Waals surface area (Å²) in [4.78, 5) is 50.5.